The molecule has 1 aliphatic heterocycles. The number of aryl methyl sites for hydroxylation is 2. The van der Waals surface area contributed by atoms with Gasteiger partial charge in [-0.3, -0.25) is 4.79 Å². The number of anilines is 3. The van der Waals surface area contributed by atoms with Crippen LogP contribution in [0.15, 0.2) is 18.3 Å². The molecule has 0 spiro atoms. The summed E-state index contributed by atoms with van der Waals surface area (Å²) < 4.78 is 0. The topological polar surface area (TPSA) is 117 Å². The SMILES string of the molecule is CCc1cc(CCCN)c(Nc2cc(NCC3CCCS3)c(C#N)cn2)nc1C=O. The molecule has 0 aliphatic carbocycles. The predicted octanol–water partition coefficient (Wildman–Crippen LogP) is 3.67. The summed E-state index contributed by atoms with van der Waals surface area (Å²) in [6, 6.07) is 6.06. The number of rotatable bonds is 10. The average Bonchev–Trinajstić information content (AvgIpc) is 3.30. The Morgan fingerprint density at radius 1 is 1.40 bits per heavy atom. The first-order valence-corrected chi connectivity index (χ1v) is 11.4. The van der Waals surface area contributed by atoms with Gasteiger partial charge < -0.3 is 16.4 Å². The Kier molecular flexibility index (Phi) is 8.05. The summed E-state index contributed by atoms with van der Waals surface area (Å²) in [6.45, 7) is 3.41. The second kappa shape index (κ2) is 11.0. The predicted molar refractivity (Wildman–Crippen MR) is 123 cm³/mol. The standard InChI is InChI=1S/C22H28N6OS/c1-2-15-9-16(5-3-7-23)22(27-20(15)14-29)28-21-10-19(17(11-24)12-26-21)25-13-18-6-4-8-30-18/h9-10,12,14,18H,2-8,13,23H2,1H3,(H2,25,26,27,28). The van der Waals surface area contributed by atoms with Gasteiger partial charge in [0.25, 0.3) is 0 Å². The summed E-state index contributed by atoms with van der Waals surface area (Å²) in [5.74, 6) is 2.39. The van der Waals surface area contributed by atoms with Crippen LogP contribution in [0.2, 0.25) is 0 Å². The molecule has 2 aromatic heterocycles. The van der Waals surface area contributed by atoms with Crippen LogP contribution in [-0.4, -0.2) is 40.3 Å². The van der Waals surface area contributed by atoms with E-state index in [1.165, 1.54) is 18.6 Å². The van der Waals surface area contributed by atoms with Gasteiger partial charge >= 0.3 is 0 Å². The molecule has 1 unspecified atom stereocenters. The first-order valence-electron chi connectivity index (χ1n) is 10.4. The molecule has 158 valence electrons. The van der Waals surface area contributed by atoms with Crippen molar-refractivity contribution in [2.24, 2.45) is 5.73 Å². The third-order valence-corrected chi connectivity index (χ3v) is 6.57. The van der Waals surface area contributed by atoms with Gasteiger partial charge in [0.15, 0.2) is 6.29 Å². The number of hydrogen-bond donors (Lipinski definition) is 3. The third-order valence-electron chi connectivity index (χ3n) is 5.17. The van der Waals surface area contributed by atoms with Gasteiger partial charge in [-0.05, 0) is 61.6 Å². The number of aromatic nitrogens is 2. The highest BCUT2D eigenvalue weighted by Gasteiger charge is 2.17. The minimum absolute atomic E-state index is 0.432. The van der Waals surface area contributed by atoms with Crippen LogP contribution in [0.4, 0.5) is 17.3 Å². The summed E-state index contributed by atoms with van der Waals surface area (Å²) in [4.78, 5) is 20.4. The molecule has 0 amide bonds. The molecule has 7 nitrogen and oxygen atoms in total. The molecule has 8 heteroatoms. The number of carbonyl (C=O) groups excluding carboxylic acids is 1. The molecular formula is C22H28N6OS. The largest absolute Gasteiger partial charge is 0.383 e. The van der Waals surface area contributed by atoms with Crippen molar-refractivity contribution in [2.75, 3.05) is 29.5 Å². The molecule has 0 radical (unpaired) electrons. The van der Waals surface area contributed by atoms with E-state index in [1.54, 1.807) is 6.20 Å². The fourth-order valence-electron chi connectivity index (χ4n) is 3.50. The normalized spacial score (nSPS) is 15.6. The minimum atomic E-state index is 0.432. The Morgan fingerprint density at radius 2 is 2.27 bits per heavy atom. The van der Waals surface area contributed by atoms with E-state index in [-0.39, 0.29) is 0 Å². The maximum Gasteiger partial charge on any atom is 0.168 e. The van der Waals surface area contributed by atoms with Crippen molar-refractivity contribution in [3.8, 4) is 6.07 Å². The zero-order chi connectivity index (χ0) is 21.3. The van der Waals surface area contributed by atoms with E-state index in [0.29, 0.717) is 34.7 Å². The number of thioether (sulfide) groups is 1. The van der Waals surface area contributed by atoms with Crippen LogP contribution < -0.4 is 16.4 Å². The van der Waals surface area contributed by atoms with E-state index in [0.717, 1.165) is 48.9 Å². The van der Waals surface area contributed by atoms with E-state index >= 15 is 0 Å². The van der Waals surface area contributed by atoms with Crippen LogP contribution in [0.1, 0.15) is 53.4 Å². The average molecular weight is 425 g/mol. The van der Waals surface area contributed by atoms with Crippen LogP contribution in [0.25, 0.3) is 0 Å². The zero-order valence-electron chi connectivity index (χ0n) is 17.3. The van der Waals surface area contributed by atoms with Gasteiger partial charge in [0.05, 0.1) is 11.3 Å². The molecule has 1 saturated heterocycles. The number of nitriles is 1. The Morgan fingerprint density at radius 3 is 2.93 bits per heavy atom. The molecule has 0 saturated carbocycles. The highest BCUT2D eigenvalue weighted by Crippen LogP contribution is 2.28. The van der Waals surface area contributed by atoms with Crippen molar-refractivity contribution < 1.29 is 4.79 Å². The highest BCUT2D eigenvalue weighted by molar-refractivity contribution is 8.00. The number of aldehydes is 1. The number of carbonyl (C=O) groups is 1. The van der Waals surface area contributed by atoms with Gasteiger partial charge in [-0.2, -0.15) is 17.0 Å². The van der Waals surface area contributed by atoms with Gasteiger partial charge in [0.1, 0.15) is 23.4 Å². The molecule has 3 rings (SSSR count). The molecule has 30 heavy (non-hydrogen) atoms. The Labute approximate surface area is 181 Å². The molecule has 1 aliphatic rings. The summed E-state index contributed by atoms with van der Waals surface area (Å²) in [5, 5.41) is 16.7. The van der Waals surface area contributed by atoms with E-state index in [4.69, 9.17) is 5.73 Å². The maximum atomic E-state index is 11.5. The summed E-state index contributed by atoms with van der Waals surface area (Å²) >= 11 is 1.97. The Hall–Kier alpha value is -2.63. The lowest BCUT2D eigenvalue weighted by atomic mass is 10.0. The number of pyridine rings is 2. The number of nitrogens with two attached hydrogens (primary N) is 1. The highest BCUT2D eigenvalue weighted by atomic mass is 32.2. The smallest absolute Gasteiger partial charge is 0.168 e. The maximum absolute atomic E-state index is 11.5. The number of nitrogens with one attached hydrogen (secondary N) is 2. The minimum Gasteiger partial charge on any atom is -0.383 e. The van der Waals surface area contributed by atoms with E-state index in [9.17, 15) is 10.1 Å². The first-order chi connectivity index (χ1) is 14.7. The van der Waals surface area contributed by atoms with Crippen molar-refractivity contribution >= 4 is 35.4 Å². The summed E-state index contributed by atoms with van der Waals surface area (Å²) in [6.07, 6.45) is 7.12. The fourth-order valence-corrected chi connectivity index (χ4v) is 4.70. The molecule has 0 aromatic carbocycles. The molecule has 0 bridgehead atoms. The Bertz CT molecular complexity index is 921. The molecular weight excluding hydrogens is 396 g/mol. The molecule has 3 heterocycles. The van der Waals surface area contributed by atoms with Gasteiger partial charge in [0, 0.05) is 24.1 Å². The van der Waals surface area contributed by atoms with Crippen LogP contribution in [0, 0.1) is 11.3 Å². The van der Waals surface area contributed by atoms with E-state index in [1.807, 2.05) is 30.8 Å². The molecule has 1 fully saturated rings. The lowest BCUT2D eigenvalue weighted by Crippen LogP contribution is -2.15. The zero-order valence-corrected chi connectivity index (χ0v) is 18.1. The van der Waals surface area contributed by atoms with Crippen molar-refractivity contribution in [1.82, 2.24) is 9.97 Å². The van der Waals surface area contributed by atoms with Crippen LogP contribution in [-0.2, 0) is 12.8 Å². The second-order valence-corrected chi connectivity index (χ2v) is 8.68. The second-order valence-electron chi connectivity index (χ2n) is 7.27. The first kappa shape index (κ1) is 22.1. The molecule has 4 N–H and O–H groups in total. The van der Waals surface area contributed by atoms with Gasteiger partial charge in [0.2, 0.25) is 0 Å². The van der Waals surface area contributed by atoms with Crippen LogP contribution >= 0.6 is 11.8 Å². The molecule has 2 aromatic rings. The van der Waals surface area contributed by atoms with Crippen molar-refractivity contribution in [1.29, 1.82) is 5.26 Å². The van der Waals surface area contributed by atoms with Crippen molar-refractivity contribution in [3.05, 3.63) is 40.7 Å². The molecule has 1 atom stereocenters. The van der Waals surface area contributed by atoms with Crippen molar-refractivity contribution in [3.63, 3.8) is 0 Å². The van der Waals surface area contributed by atoms with E-state index in [2.05, 4.69) is 26.7 Å². The third kappa shape index (κ3) is 5.49. The Balaban J connectivity index is 1.86. The summed E-state index contributed by atoms with van der Waals surface area (Å²) in [7, 11) is 0. The lowest BCUT2D eigenvalue weighted by molar-refractivity contribution is 0.111. The van der Waals surface area contributed by atoms with Crippen LogP contribution in [0.3, 0.4) is 0 Å². The van der Waals surface area contributed by atoms with Gasteiger partial charge in [-0.25, -0.2) is 9.97 Å². The number of nitrogens with zero attached hydrogens (tertiary/aromatic N) is 3. The monoisotopic (exact) mass is 424 g/mol. The fraction of sp³-hybridized carbons (Fsp3) is 0.455. The van der Waals surface area contributed by atoms with Crippen LogP contribution in [0.5, 0.6) is 0 Å². The van der Waals surface area contributed by atoms with E-state index < -0.39 is 0 Å². The van der Waals surface area contributed by atoms with Crippen molar-refractivity contribution in [2.45, 2.75) is 44.3 Å². The van der Waals surface area contributed by atoms with Gasteiger partial charge in [-0.1, -0.05) is 6.92 Å². The quantitative estimate of drug-likeness (QED) is 0.495. The summed E-state index contributed by atoms with van der Waals surface area (Å²) in [5.41, 5.74) is 9.32. The van der Waals surface area contributed by atoms with Gasteiger partial charge in [-0.15, -0.1) is 0 Å². The number of hydrogen-bond acceptors (Lipinski definition) is 8. The lowest BCUT2D eigenvalue weighted by Gasteiger charge is -2.16.